The Hall–Kier alpha value is -1.62. The Kier molecular flexibility index (Phi) is 2.20. The van der Waals surface area contributed by atoms with E-state index < -0.39 is 0 Å². The molecule has 0 aliphatic carbocycles. The zero-order valence-electron chi connectivity index (χ0n) is 6.63. The standard InChI is InChI=1S/C7H8N4O.ClH/c8-3-1-5-6(2-4(3)9)11-7(12)10-5;/h1-2H,8-9H2,(H2,10,11,12);1H. The smallest absolute Gasteiger partial charge is 0.323 e. The minimum absolute atomic E-state index is 0. The van der Waals surface area contributed by atoms with Crippen LogP contribution in [0.4, 0.5) is 11.4 Å². The number of benzene rings is 1. The number of anilines is 2. The van der Waals surface area contributed by atoms with Crippen LogP contribution in [0.3, 0.4) is 0 Å². The lowest BCUT2D eigenvalue weighted by Crippen LogP contribution is -1.99. The second-order valence-corrected chi connectivity index (χ2v) is 2.61. The number of nitrogens with one attached hydrogen (secondary N) is 2. The van der Waals surface area contributed by atoms with Gasteiger partial charge in [-0.25, -0.2) is 4.79 Å². The van der Waals surface area contributed by atoms with Crippen LogP contribution in [0.15, 0.2) is 16.9 Å². The molecule has 13 heavy (non-hydrogen) atoms. The number of rotatable bonds is 0. The van der Waals surface area contributed by atoms with Crippen molar-refractivity contribution in [3.63, 3.8) is 0 Å². The predicted octanol–water partition coefficient (Wildman–Crippen LogP) is 0.442. The predicted molar refractivity (Wildman–Crippen MR) is 55.0 cm³/mol. The van der Waals surface area contributed by atoms with E-state index in [1.807, 2.05) is 0 Å². The van der Waals surface area contributed by atoms with Crippen LogP contribution in [-0.2, 0) is 0 Å². The van der Waals surface area contributed by atoms with Crippen molar-refractivity contribution in [3.8, 4) is 0 Å². The van der Waals surface area contributed by atoms with Gasteiger partial charge in [0.2, 0.25) is 0 Å². The molecule has 0 unspecified atom stereocenters. The largest absolute Gasteiger partial charge is 0.397 e. The molecule has 1 heterocycles. The number of aromatic amines is 2. The molecule has 5 nitrogen and oxygen atoms in total. The minimum atomic E-state index is -0.255. The van der Waals surface area contributed by atoms with Crippen LogP contribution in [0.2, 0.25) is 0 Å². The molecule has 0 saturated carbocycles. The third kappa shape index (κ3) is 1.46. The highest BCUT2D eigenvalue weighted by Crippen LogP contribution is 2.19. The number of halogens is 1. The van der Waals surface area contributed by atoms with Crippen molar-refractivity contribution in [2.75, 3.05) is 11.5 Å². The van der Waals surface area contributed by atoms with Crippen molar-refractivity contribution in [2.24, 2.45) is 0 Å². The Morgan fingerprint density at radius 3 is 1.77 bits per heavy atom. The molecule has 2 rings (SSSR count). The van der Waals surface area contributed by atoms with Crippen LogP contribution in [0, 0.1) is 0 Å². The molecule has 0 fully saturated rings. The Bertz CT molecular complexity index is 445. The minimum Gasteiger partial charge on any atom is -0.397 e. The van der Waals surface area contributed by atoms with E-state index >= 15 is 0 Å². The normalized spacial score (nSPS) is 9.85. The van der Waals surface area contributed by atoms with Gasteiger partial charge in [-0.3, -0.25) is 0 Å². The second-order valence-electron chi connectivity index (χ2n) is 2.61. The van der Waals surface area contributed by atoms with Crippen molar-refractivity contribution in [1.82, 2.24) is 9.97 Å². The molecule has 0 aliphatic heterocycles. The highest BCUT2D eigenvalue weighted by molar-refractivity contribution is 5.85. The molecule has 0 saturated heterocycles. The van der Waals surface area contributed by atoms with Gasteiger partial charge < -0.3 is 21.4 Å². The number of nitrogen functional groups attached to an aromatic ring is 2. The fourth-order valence-corrected chi connectivity index (χ4v) is 1.12. The fraction of sp³-hybridized carbons (Fsp3) is 0. The summed E-state index contributed by atoms with van der Waals surface area (Å²) in [4.78, 5) is 16.0. The van der Waals surface area contributed by atoms with Gasteiger partial charge in [-0.05, 0) is 12.1 Å². The molecular weight excluding hydrogens is 192 g/mol. The van der Waals surface area contributed by atoms with Crippen molar-refractivity contribution >= 4 is 34.8 Å². The van der Waals surface area contributed by atoms with Gasteiger partial charge in [0.1, 0.15) is 0 Å². The third-order valence-corrected chi connectivity index (χ3v) is 1.72. The molecular formula is C7H9ClN4O. The van der Waals surface area contributed by atoms with Gasteiger partial charge in [0.15, 0.2) is 0 Å². The van der Waals surface area contributed by atoms with Gasteiger partial charge in [-0.2, -0.15) is 0 Å². The Labute approximate surface area is 79.5 Å². The summed E-state index contributed by atoms with van der Waals surface area (Å²) >= 11 is 0. The number of hydrogen-bond acceptors (Lipinski definition) is 3. The van der Waals surface area contributed by atoms with Crippen LogP contribution >= 0.6 is 12.4 Å². The molecule has 1 aromatic carbocycles. The van der Waals surface area contributed by atoms with Gasteiger partial charge in [-0.15, -0.1) is 12.4 Å². The van der Waals surface area contributed by atoms with Crippen LogP contribution in [0.5, 0.6) is 0 Å². The quantitative estimate of drug-likeness (QED) is 0.464. The van der Waals surface area contributed by atoms with E-state index in [1.54, 1.807) is 12.1 Å². The number of hydrogen-bond donors (Lipinski definition) is 4. The highest BCUT2D eigenvalue weighted by atomic mass is 35.5. The topological polar surface area (TPSA) is 101 Å². The third-order valence-electron chi connectivity index (χ3n) is 1.72. The first-order valence-corrected chi connectivity index (χ1v) is 3.44. The first-order valence-electron chi connectivity index (χ1n) is 3.44. The zero-order chi connectivity index (χ0) is 8.72. The van der Waals surface area contributed by atoms with E-state index in [0.717, 1.165) is 0 Å². The summed E-state index contributed by atoms with van der Waals surface area (Å²) in [6.07, 6.45) is 0. The van der Waals surface area contributed by atoms with Gasteiger partial charge in [-0.1, -0.05) is 0 Å². The van der Waals surface area contributed by atoms with Gasteiger partial charge in [0, 0.05) is 0 Å². The number of nitrogens with two attached hydrogens (primary N) is 2. The van der Waals surface area contributed by atoms with E-state index in [-0.39, 0.29) is 18.1 Å². The maximum atomic E-state index is 10.8. The van der Waals surface area contributed by atoms with Crippen LogP contribution in [-0.4, -0.2) is 9.97 Å². The summed E-state index contributed by atoms with van der Waals surface area (Å²) in [5.74, 6) is 0. The molecule has 0 atom stereocenters. The summed E-state index contributed by atoms with van der Waals surface area (Å²) in [7, 11) is 0. The first kappa shape index (κ1) is 9.47. The van der Waals surface area contributed by atoms with Crippen LogP contribution < -0.4 is 17.2 Å². The maximum absolute atomic E-state index is 10.8. The molecule has 0 amide bonds. The zero-order valence-corrected chi connectivity index (χ0v) is 7.44. The van der Waals surface area contributed by atoms with Crippen molar-refractivity contribution < 1.29 is 0 Å². The van der Waals surface area contributed by atoms with Gasteiger partial charge >= 0.3 is 5.69 Å². The number of H-pyrrole nitrogens is 2. The van der Waals surface area contributed by atoms with E-state index in [1.165, 1.54) is 0 Å². The summed E-state index contributed by atoms with van der Waals surface area (Å²) in [6.45, 7) is 0. The molecule has 70 valence electrons. The van der Waals surface area contributed by atoms with Crippen molar-refractivity contribution in [3.05, 3.63) is 22.6 Å². The van der Waals surface area contributed by atoms with E-state index in [4.69, 9.17) is 11.5 Å². The van der Waals surface area contributed by atoms with E-state index in [9.17, 15) is 4.79 Å². The second kappa shape index (κ2) is 3.02. The summed E-state index contributed by atoms with van der Waals surface area (Å²) < 4.78 is 0. The molecule has 6 heteroatoms. The van der Waals surface area contributed by atoms with Crippen LogP contribution in [0.25, 0.3) is 11.0 Å². The lowest BCUT2D eigenvalue weighted by molar-refractivity contribution is 1.22. The summed E-state index contributed by atoms with van der Waals surface area (Å²) in [5, 5.41) is 0. The molecule has 0 bridgehead atoms. The Balaban J connectivity index is 0.000000845. The number of aromatic nitrogens is 2. The van der Waals surface area contributed by atoms with E-state index in [0.29, 0.717) is 22.4 Å². The average molecular weight is 201 g/mol. The molecule has 0 spiro atoms. The summed E-state index contributed by atoms with van der Waals surface area (Å²) in [5.41, 5.74) is 13.1. The summed E-state index contributed by atoms with van der Waals surface area (Å²) in [6, 6.07) is 3.26. The number of fused-ring (bicyclic) bond motifs is 1. The molecule has 2 aromatic rings. The van der Waals surface area contributed by atoms with Crippen molar-refractivity contribution in [2.45, 2.75) is 0 Å². The fourth-order valence-electron chi connectivity index (χ4n) is 1.12. The lowest BCUT2D eigenvalue weighted by Gasteiger charge is -1.97. The Morgan fingerprint density at radius 1 is 1.00 bits per heavy atom. The van der Waals surface area contributed by atoms with Crippen molar-refractivity contribution in [1.29, 1.82) is 0 Å². The SMILES string of the molecule is Cl.Nc1cc2[nH]c(=O)[nH]c2cc1N. The molecule has 0 aliphatic rings. The monoisotopic (exact) mass is 200 g/mol. The van der Waals surface area contributed by atoms with Gasteiger partial charge in [0.25, 0.3) is 0 Å². The molecule has 0 radical (unpaired) electrons. The van der Waals surface area contributed by atoms with Gasteiger partial charge in [0.05, 0.1) is 22.4 Å². The highest BCUT2D eigenvalue weighted by Gasteiger charge is 2.00. The van der Waals surface area contributed by atoms with Crippen LogP contribution in [0.1, 0.15) is 0 Å². The molecule has 1 aromatic heterocycles. The molecule has 6 N–H and O–H groups in total. The van der Waals surface area contributed by atoms with E-state index in [2.05, 4.69) is 9.97 Å². The Morgan fingerprint density at radius 2 is 1.38 bits per heavy atom. The average Bonchev–Trinajstić information content (AvgIpc) is 2.30. The lowest BCUT2D eigenvalue weighted by atomic mass is 10.2. The first-order chi connectivity index (χ1) is 5.66. The number of imidazole rings is 1. The maximum Gasteiger partial charge on any atom is 0.323 e.